The zero-order chi connectivity index (χ0) is 17.5. The molecule has 0 bridgehead atoms. The maximum Gasteiger partial charge on any atom is 0.255 e. The first kappa shape index (κ1) is 17.2. The first-order valence-electron chi connectivity index (χ1n) is 8.05. The van der Waals surface area contributed by atoms with Gasteiger partial charge in [0.1, 0.15) is 5.75 Å². The highest BCUT2D eigenvalue weighted by Gasteiger charge is 2.09. The highest BCUT2D eigenvalue weighted by molar-refractivity contribution is 9.10. The zero-order valence-corrected chi connectivity index (χ0v) is 15.2. The average molecular weight is 396 g/mol. The lowest BCUT2D eigenvalue weighted by Crippen LogP contribution is -2.12. The number of benzene rings is 3. The van der Waals surface area contributed by atoms with Crippen LogP contribution in [0.4, 0.5) is 5.69 Å². The number of amides is 1. The predicted octanol–water partition coefficient (Wildman–Crippen LogP) is 5.32. The van der Waals surface area contributed by atoms with E-state index < -0.39 is 0 Å². The third kappa shape index (κ3) is 4.94. The Kier molecular flexibility index (Phi) is 5.86. The van der Waals surface area contributed by atoms with Crippen molar-refractivity contribution in [3.8, 4) is 5.75 Å². The van der Waals surface area contributed by atoms with Gasteiger partial charge in [-0.05, 0) is 51.8 Å². The molecule has 0 heterocycles. The summed E-state index contributed by atoms with van der Waals surface area (Å²) in [6.07, 6.45) is 0.828. The summed E-state index contributed by atoms with van der Waals surface area (Å²) in [6.45, 7) is 0.569. The molecule has 3 aromatic carbocycles. The Morgan fingerprint density at radius 1 is 0.920 bits per heavy atom. The summed E-state index contributed by atoms with van der Waals surface area (Å²) in [5, 5.41) is 2.89. The zero-order valence-electron chi connectivity index (χ0n) is 13.6. The number of carbonyl (C=O) groups excluding carboxylic acids is 1. The van der Waals surface area contributed by atoms with E-state index in [2.05, 4.69) is 33.4 Å². The molecule has 0 aliphatic carbocycles. The van der Waals surface area contributed by atoms with E-state index in [0.29, 0.717) is 17.9 Å². The van der Waals surface area contributed by atoms with E-state index in [0.717, 1.165) is 16.6 Å². The molecule has 1 N–H and O–H groups in total. The van der Waals surface area contributed by atoms with E-state index in [9.17, 15) is 4.79 Å². The van der Waals surface area contributed by atoms with Gasteiger partial charge >= 0.3 is 0 Å². The summed E-state index contributed by atoms with van der Waals surface area (Å²) >= 11 is 3.43. The molecule has 0 aliphatic heterocycles. The molecule has 0 radical (unpaired) electrons. The molecule has 0 saturated carbocycles. The van der Waals surface area contributed by atoms with Crippen LogP contribution in [0.3, 0.4) is 0 Å². The molecular weight excluding hydrogens is 378 g/mol. The second kappa shape index (κ2) is 8.49. The number of anilines is 1. The lowest BCUT2D eigenvalue weighted by atomic mass is 10.1. The minimum absolute atomic E-state index is 0.166. The van der Waals surface area contributed by atoms with Gasteiger partial charge in [0, 0.05) is 16.5 Å². The molecule has 0 unspecified atom stereocenters. The monoisotopic (exact) mass is 395 g/mol. The largest absolute Gasteiger partial charge is 0.493 e. The van der Waals surface area contributed by atoms with Gasteiger partial charge in [0.2, 0.25) is 0 Å². The first-order valence-corrected chi connectivity index (χ1v) is 8.84. The van der Waals surface area contributed by atoms with Crippen LogP contribution >= 0.6 is 15.9 Å². The van der Waals surface area contributed by atoms with Crippen molar-refractivity contribution in [1.29, 1.82) is 0 Å². The fourth-order valence-electron chi connectivity index (χ4n) is 2.42. The van der Waals surface area contributed by atoms with Gasteiger partial charge in [0.15, 0.2) is 0 Å². The van der Waals surface area contributed by atoms with E-state index in [4.69, 9.17) is 4.74 Å². The Hall–Kier alpha value is -2.59. The number of hydrogen-bond donors (Lipinski definition) is 1. The van der Waals surface area contributed by atoms with Crippen LogP contribution in [0.2, 0.25) is 0 Å². The Balaban J connectivity index is 1.61. The lowest BCUT2D eigenvalue weighted by molar-refractivity contribution is 0.102. The van der Waals surface area contributed by atoms with Gasteiger partial charge in [-0.2, -0.15) is 0 Å². The van der Waals surface area contributed by atoms with Crippen LogP contribution in [-0.4, -0.2) is 12.5 Å². The Morgan fingerprint density at radius 3 is 2.48 bits per heavy atom. The van der Waals surface area contributed by atoms with Gasteiger partial charge in [-0.15, -0.1) is 0 Å². The second-order valence-electron chi connectivity index (χ2n) is 5.55. The van der Waals surface area contributed by atoms with Crippen molar-refractivity contribution in [1.82, 2.24) is 0 Å². The number of hydrogen-bond acceptors (Lipinski definition) is 2. The third-order valence-corrected chi connectivity index (χ3v) is 4.41. The third-order valence-electron chi connectivity index (χ3n) is 3.72. The lowest BCUT2D eigenvalue weighted by Gasteiger charge is -2.10. The highest BCUT2D eigenvalue weighted by Crippen LogP contribution is 2.22. The van der Waals surface area contributed by atoms with Gasteiger partial charge in [0.05, 0.1) is 12.3 Å². The van der Waals surface area contributed by atoms with Crippen LogP contribution in [-0.2, 0) is 6.42 Å². The van der Waals surface area contributed by atoms with Crippen molar-refractivity contribution < 1.29 is 9.53 Å². The summed E-state index contributed by atoms with van der Waals surface area (Å²) in [4.78, 5) is 12.4. The Morgan fingerprint density at radius 2 is 1.68 bits per heavy atom. The molecule has 0 aromatic heterocycles. The minimum Gasteiger partial charge on any atom is -0.493 e. The van der Waals surface area contributed by atoms with Gasteiger partial charge in [0.25, 0.3) is 5.91 Å². The van der Waals surface area contributed by atoms with Crippen LogP contribution in [0.1, 0.15) is 15.9 Å². The normalized spacial score (nSPS) is 10.3. The molecule has 0 aliphatic rings. The molecule has 0 atom stereocenters. The summed E-state index contributed by atoms with van der Waals surface area (Å²) in [5.41, 5.74) is 2.53. The van der Waals surface area contributed by atoms with E-state index in [1.54, 1.807) is 12.1 Å². The summed E-state index contributed by atoms with van der Waals surface area (Å²) in [5.74, 6) is 0.524. The number of ether oxygens (including phenoxy) is 1. The maximum atomic E-state index is 12.4. The number of para-hydroxylation sites is 1. The van der Waals surface area contributed by atoms with Gasteiger partial charge < -0.3 is 10.1 Å². The molecule has 126 valence electrons. The standard InChI is InChI=1S/C21H18BrNO2/c22-19-11-4-5-12-20(19)23-21(24)17-9-6-10-18(15-17)25-14-13-16-7-2-1-3-8-16/h1-12,15H,13-14H2,(H,23,24). The minimum atomic E-state index is -0.166. The quantitative estimate of drug-likeness (QED) is 0.612. The molecule has 4 heteroatoms. The van der Waals surface area contributed by atoms with Crippen molar-refractivity contribution in [3.05, 3.63) is 94.5 Å². The van der Waals surface area contributed by atoms with Crippen LogP contribution in [0, 0.1) is 0 Å². The molecular formula is C21H18BrNO2. The second-order valence-corrected chi connectivity index (χ2v) is 6.40. The summed E-state index contributed by atoms with van der Waals surface area (Å²) in [6, 6.07) is 24.9. The van der Waals surface area contributed by atoms with E-state index in [1.165, 1.54) is 5.56 Å². The molecule has 25 heavy (non-hydrogen) atoms. The summed E-state index contributed by atoms with van der Waals surface area (Å²) < 4.78 is 6.63. The molecule has 1 amide bonds. The van der Waals surface area contributed by atoms with E-state index in [-0.39, 0.29) is 5.91 Å². The maximum absolute atomic E-state index is 12.4. The molecule has 0 fully saturated rings. The molecule has 3 aromatic rings. The van der Waals surface area contributed by atoms with Gasteiger partial charge in [-0.3, -0.25) is 4.79 Å². The van der Waals surface area contributed by atoms with Crippen LogP contribution in [0.5, 0.6) is 5.75 Å². The smallest absolute Gasteiger partial charge is 0.255 e. The first-order chi connectivity index (χ1) is 12.2. The topological polar surface area (TPSA) is 38.3 Å². The number of nitrogens with one attached hydrogen (secondary N) is 1. The Labute approximate surface area is 155 Å². The average Bonchev–Trinajstić information content (AvgIpc) is 2.65. The van der Waals surface area contributed by atoms with Gasteiger partial charge in [-0.1, -0.05) is 48.5 Å². The van der Waals surface area contributed by atoms with E-state index >= 15 is 0 Å². The predicted molar refractivity (Wildman–Crippen MR) is 104 cm³/mol. The molecule has 3 nitrogen and oxygen atoms in total. The summed E-state index contributed by atoms with van der Waals surface area (Å²) in [7, 11) is 0. The van der Waals surface area contributed by atoms with E-state index in [1.807, 2.05) is 54.6 Å². The number of rotatable bonds is 6. The van der Waals surface area contributed by atoms with Gasteiger partial charge in [-0.25, -0.2) is 0 Å². The van der Waals surface area contributed by atoms with Crippen molar-refractivity contribution in [3.63, 3.8) is 0 Å². The van der Waals surface area contributed by atoms with Crippen molar-refractivity contribution in [2.24, 2.45) is 0 Å². The van der Waals surface area contributed by atoms with Crippen LogP contribution in [0.25, 0.3) is 0 Å². The fourth-order valence-corrected chi connectivity index (χ4v) is 2.80. The van der Waals surface area contributed by atoms with Crippen LogP contribution < -0.4 is 10.1 Å². The van der Waals surface area contributed by atoms with Crippen LogP contribution in [0.15, 0.2) is 83.3 Å². The Bertz CT molecular complexity index is 849. The molecule has 3 rings (SSSR count). The molecule has 0 spiro atoms. The SMILES string of the molecule is O=C(Nc1ccccc1Br)c1cccc(OCCc2ccccc2)c1. The van der Waals surface area contributed by atoms with Crippen molar-refractivity contribution in [2.75, 3.05) is 11.9 Å². The molecule has 0 saturated heterocycles. The highest BCUT2D eigenvalue weighted by atomic mass is 79.9. The fraction of sp³-hybridized carbons (Fsp3) is 0.0952. The number of halogens is 1. The van der Waals surface area contributed by atoms with Crippen molar-refractivity contribution >= 4 is 27.5 Å². The van der Waals surface area contributed by atoms with Crippen molar-refractivity contribution in [2.45, 2.75) is 6.42 Å². The number of carbonyl (C=O) groups is 1.